The maximum absolute atomic E-state index is 12.5. The molecule has 0 aliphatic carbocycles. The SMILES string of the molecule is Cn1cc(C(=O)NCCNC(=O)CCCc2c[nH]c3ccccc23)c2ccccc21. The summed E-state index contributed by atoms with van der Waals surface area (Å²) in [6.07, 6.45) is 5.97. The number of benzene rings is 2. The molecule has 2 aromatic carbocycles. The van der Waals surface area contributed by atoms with Gasteiger partial charge in [-0.1, -0.05) is 36.4 Å². The van der Waals surface area contributed by atoms with E-state index in [1.54, 1.807) is 0 Å². The van der Waals surface area contributed by atoms with Crippen LogP contribution in [0.25, 0.3) is 21.8 Å². The van der Waals surface area contributed by atoms with Crippen LogP contribution in [0.3, 0.4) is 0 Å². The topological polar surface area (TPSA) is 78.9 Å². The third-order valence-electron chi connectivity index (χ3n) is 5.40. The summed E-state index contributed by atoms with van der Waals surface area (Å²) in [5.74, 6) is -0.116. The number of H-pyrrole nitrogens is 1. The Morgan fingerprint density at radius 2 is 1.70 bits per heavy atom. The van der Waals surface area contributed by atoms with Gasteiger partial charge in [0.2, 0.25) is 5.91 Å². The van der Waals surface area contributed by atoms with Crippen LogP contribution in [0.4, 0.5) is 0 Å². The molecule has 2 heterocycles. The number of aromatic amines is 1. The lowest BCUT2D eigenvalue weighted by molar-refractivity contribution is -0.121. The van der Waals surface area contributed by atoms with Gasteiger partial charge in [-0.05, 0) is 30.5 Å². The zero-order chi connectivity index (χ0) is 20.9. The van der Waals surface area contributed by atoms with Crippen LogP contribution in [0.2, 0.25) is 0 Å². The first-order valence-corrected chi connectivity index (χ1v) is 10.3. The van der Waals surface area contributed by atoms with Gasteiger partial charge in [0, 0.05) is 60.8 Å². The molecule has 0 radical (unpaired) electrons. The Morgan fingerprint density at radius 3 is 2.57 bits per heavy atom. The minimum atomic E-state index is -0.125. The fourth-order valence-electron chi connectivity index (χ4n) is 3.86. The van der Waals surface area contributed by atoms with Crippen LogP contribution >= 0.6 is 0 Å². The lowest BCUT2D eigenvalue weighted by Crippen LogP contribution is -2.34. The highest BCUT2D eigenvalue weighted by molar-refractivity contribution is 6.07. The van der Waals surface area contributed by atoms with Gasteiger partial charge in [0.25, 0.3) is 5.91 Å². The summed E-state index contributed by atoms with van der Waals surface area (Å²) in [5.41, 5.74) is 4.03. The average molecular weight is 402 g/mol. The second-order valence-electron chi connectivity index (χ2n) is 7.49. The van der Waals surface area contributed by atoms with Crippen molar-refractivity contribution in [2.45, 2.75) is 19.3 Å². The first-order chi connectivity index (χ1) is 14.6. The molecule has 0 aliphatic heterocycles. The monoisotopic (exact) mass is 402 g/mol. The first kappa shape index (κ1) is 19.8. The molecular weight excluding hydrogens is 376 g/mol. The lowest BCUT2D eigenvalue weighted by Gasteiger charge is -2.07. The van der Waals surface area contributed by atoms with E-state index in [1.165, 1.54) is 10.9 Å². The number of amides is 2. The summed E-state index contributed by atoms with van der Waals surface area (Å²) >= 11 is 0. The van der Waals surface area contributed by atoms with Crippen LogP contribution in [0.15, 0.2) is 60.9 Å². The van der Waals surface area contributed by atoms with Crippen molar-refractivity contribution in [3.63, 3.8) is 0 Å². The van der Waals surface area contributed by atoms with Crippen molar-refractivity contribution in [3.05, 3.63) is 72.1 Å². The molecule has 154 valence electrons. The normalized spacial score (nSPS) is 11.1. The minimum absolute atomic E-state index is 0.00857. The lowest BCUT2D eigenvalue weighted by atomic mass is 10.1. The molecule has 6 heteroatoms. The third kappa shape index (κ3) is 4.22. The van der Waals surface area contributed by atoms with Crippen LogP contribution in [0.5, 0.6) is 0 Å². The van der Waals surface area contributed by atoms with Gasteiger partial charge in [0.05, 0.1) is 5.56 Å². The molecule has 4 rings (SSSR count). The highest BCUT2D eigenvalue weighted by atomic mass is 16.2. The van der Waals surface area contributed by atoms with Crippen LogP contribution in [0, 0.1) is 0 Å². The largest absolute Gasteiger partial charge is 0.361 e. The molecule has 2 aromatic heterocycles. The molecule has 30 heavy (non-hydrogen) atoms. The van der Waals surface area contributed by atoms with Crippen LogP contribution < -0.4 is 10.6 Å². The molecule has 0 bridgehead atoms. The number of fused-ring (bicyclic) bond motifs is 2. The molecule has 2 amide bonds. The van der Waals surface area contributed by atoms with Crippen LogP contribution in [-0.4, -0.2) is 34.5 Å². The average Bonchev–Trinajstić information content (AvgIpc) is 3.33. The van der Waals surface area contributed by atoms with Gasteiger partial charge < -0.3 is 20.2 Å². The number of carbonyl (C=O) groups is 2. The van der Waals surface area contributed by atoms with Crippen molar-refractivity contribution < 1.29 is 9.59 Å². The van der Waals surface area contributed by atoms with Gasteiger partial charge in [0.1, 0.15) is 0 Å². The van der Waals surface area contributed by atoms with Crippen molar-refractivity contribution in [1.29, 1.82) is 0 Å². The summed E-state index contributed by atoms with van der Waals surface area (Å²) < 4.78 is 1.94. The highest BCUT2D eigenvalue weighted by Crippen LogP contribution is 2.20. The van der Waals surface area contributed by atoms with Crippen molar-refractivity contribution in [2.75, 3.05) is 13.1 Å². The fraction of sp³-hybridized carbons (Fsp3) is 0.250. The maximum Gasteiger partial charge on any atom is 0.253 e. The zero-order valence-corrected chi connectivity index (χ0v) is 17.1. The molecule has 4 aromatic rings. The van der Waals surface area contributed by atoms with Gasteiger partial charge >= 0.3 is 0 Å². The molecule has 0 saturated carbocycles. The number of aromatic nitrogens is 2. The highest BCUT2D eigenvalue weighted by Gasteiger charge is 2.13. The van der Waals surface area contributed by atoms with E-state index in [0.717, 1.165) is 29.3 Å². The number of nitrogens with one attached hydrogen (secondary N) is 3. The number of hydrogen-bond donors (Lipinski definition) is 3. The molecule has 0 saturated heterocycles. The number of hydrogen-bond acceptors (Lipinski definition) is 2. The maximum atomic E-state index is 12.5. The Bertz CT molecular complexity index is 1190. The number of rotatable bonds is 8. The molecule has 0 atom stereocenters. The van der Waals surface area contributed by atoms with E-state index in [1.807, 2.05) is 60.4 Å². The zero-order valence-electron chi connectivity index (χ0n) is 17.1. The second kappa shape index (κ2) is 8.86. The summed E-state index contributed by atoms with van der Waals surface area (Å²) in [5, 5.41) is 7.92. The van der Waals surface area contributed by atoms with E-state index in [9.17, 15) is 9.59 Å². The predicted octanol–water partition coefficient (Wildman–Crippen LogP) is 3.53. The summed E-state index contributed by atoms with van der Waals surface area (Å²) in [6, 6.07) is 16.0. The van der Waals surface area contributed by atoms with Crippen LogP contribution in [0.1, 0.15) is 28.8 Å². The number of carbonyl (C=O) groups excluding carboxylic acids is 2. The Kier molecular flexibility index (Phi) is 5.84. The molecule has 0 spiro atoms. The molecule has 6 nitrogen and oxygen atoms in total. The number of aryl methyl sites for hydroxylation is 2. The quantitative estimate of drug-likeness (QED) is 0.394. The molecule has 0 aliphatic rings. The number of nitrogens with zero attached hydrogens (tertiary/aromatic N) is 1. The molecule has 3 N–H and O–H groups in total. The van der Waals surface area contributed by atoms with Crippen molar-refractivity contribution in [1.82, 2.24) is 20.2 Å². The molecular formula is C24H26N4O2. The van der Waals surface area contributed by atoms with E-state index in [2.05, 4.69) is 27.8 Å². The van der Waals surface area contributed by atoms with Crippen LogP contribution in [-0.2, 0) is 18.3 Å². The third-order valence-corrected chi connectivity index (χ3v) is 5.40. The van der Waals surface area contributed by atoms with E-state index in [4.69, 9.17) is 0 Å². The van der Waals surface area contributed by atoms with Gasteiger partial charge in [0.15, 0.2) is 0 Å². The van der Waals surface area contributed by atoms with E-state index >= 15 is 0 Å². The Hall–Kier alpha value is -3.54. The summed E-state index contributed by atoms with van der Waals surface area (Å²) in [7, 11) is 1.93. The van der Waals surface area contributed by atoms with Gasteiger partial charge in [-0.3, -0.25) is 9.59 Å². The van der Waals surface area contributed by atoms with Crippen molar-refractivity contribution >= 4 is 33.6 Å². The standard InChI is InChI=1S/C24H26N4O2/c1-28-16-20(19-9-3-5-11-22(19)28)24(30)26-14-13-25-23(29)12-6-7-17-15-27-21-10-4-2-8-18(17)21/h2-5,8-11,15-16,27H,6-7,12-14H2,1H3,(H,25,29)(H,26,30). The number of para-hydroxylation sites is 2. The summed E-state index contributed by atoms with van der Waals surface area (Å²) in [4.78, 5) is 27.8. The Labute approximate surface area is 175 Å². The molecule has 0 unspecified atom stereocenters. The van der Waals surface area contributed by atoms with Gasteiger partial charge in [-0.15, -0.1) is 0 Å². The minimum Gasteiger partial charge on any atom is -0.361 e. The van der Waals surface area contributed by atoms with E-state index < -0.39 is 0 Å². The van der Waals surface area contributed by atoms with Gasteiger partial charge in [-0.25, -0.2) is 0 Å². The first-order valence-electron chi connectivity index (χ1n) is 10.3. The fourth-order valence-corrected chi connectivity index (χ4v) is 3.86. The molecule has 0 fully saturated rings. The van der Waals surface area contributed by atoms with Gasteiger partial charge in [-0.2, -0.15) is 0 Å². The Morgan fingerprint density at radius 1 is 0.967 bits per heavy atom. The predicted molar refractivity (Wildman–Crippen MR) is 119 cm³/mol. The smallest absolute Gasteiger partial charge is 0.253 e. The Balaban J connectivity index is 1.19. The van der Waals surface area contributed by atoms with E-state index in [0.29, 0.717) is 25.1 Å². The summed E-state index contributed by atoms with van der Waals surface area (Å²) in [6.45, 7) is 0.818. The second-order valence-corrected chi connectivity index (χ2v) is 7.49. The van der Waals surface area contributed by atoms with Crippen molar-refractivity contribution in [2.24, 2.45) is 7.05 Å². The van der Waals surface area contributed by atoms with E-state index in [-0.39, 0.29) is 11.8 Å². The van der Waals surface area contributed by atoms with Crippen molar-refractivity contribution in [3.8, 4) is 0 Å².